The average molecular weight is 351 g/mol. The van der Waals surface area contributed by atoms with Crippen LogP contribution in [0.5, 0.6) is 0 Å². The number of azo groups is 1. The largest absolute Gasteiger partial charge is 0.374 e. The summed E-state index contributed by atoms with van der Waals surface area (Å²) in [6, 6.07) is 5.62. The van der Waals surface area contributed by atoms with Crippen LogP contribution in [0.25, 0.3) is 10.2 Å². The maximum Gasteiger partial charge on any atom is 0.231 e. The number of halogens is 1. The predicted molar refractivity (Wildman–Crippen MR) is 92.7 cm³/mol. The lowest BCUT2D eigenvalue weighted by Gasteiger charge is -1.98. The van der Waals surface area contributed by atoms with Crippen LogP contribution in [-0.2, 0) is 0 Å². The zero-order chi connectivity index (χ0) is 15.9. The van der Waals surface area contributed by atoms with Gasteiger partial charge < -0.3 is 5.73 Å². The monoisotopic (exact) mass is 350 g/mol. The highest BCUT2D eigenvalue weighted by atomic mass is 35.5. The fraction of sp³-hybridized carbons (Fsp3) is 0.154. The third-order valence-corrected chi connectivity index (χ3v) is 4.44. The van der Waals surface area contributed by atoms with Crippen LogP contribution >= 0.6 is 35.2 Å². The maximum absolute atomic E-state index is 6.11. The van der Waals surface area contributed by atoms with Gasteiger partial charge in [-0.05, 0) is 38.2 Å². The van der Waals surface area contributed by atoms with E-state index in [1.54, 1.807) is 6.07 Å². The SMILES string of the molecule is Cc1nn(C(N)=S)c(C)c1N=Nc1nc2c(Cl)cccc2s1. The number of rotatable bonds is 2. The summed E-state index contributed by atoms with van der Waals surface area (Å²) in [6.07, 6.45) is 0. The Morgan fingerprint density at radius 2 is 2.14 bits per heavy atom. The van der Waals surface area contributed by atoms with Gasteiger partial charge in [-0.15, -0.1) is 10.2 Å². The first kappa shape index (κ1) is 15.0. The van der Waals surface area contributed by atoms with Gasteiger partial charge in [-0.2, -0.15) is 5.10 Å². The summed E-state index contributed by atoms with van der Waals surface area (Å²) >= 11 is 12.5. The van der Waals surface area contributed by atoms with E-state index in [1.165, 1.54) is 16.0 Å². The number of para-hydroxylation sites is 1. The van der Waals surface area contributed by atoms with Crippen molar-refractivity contribution in [3.05, 3.63) is 34.6 Å². The van der Waals surface area contributed by atoms with Gasteiger partial charge in [0.05, 0.1) is 21.1 Å². The molecule has 2 N–H and O–H groups in total. The van der Waals surface area contributed by atoms with Crippen LogP contribution in [0.4, 0.5) is 10.8 Å². The van der Waals surface area contributed by atoms with Crippen molar-refractivity contribution in [1.29, 1.82) is 0 Å². The Hall–Kier alpha value is -1.90. The molecule has 1 aromatic carbocycles. The Morgan fingerprint density at radius 3 is 2.77 bits per heavy atom. The van der Waals surface area contributed by atoms with Crippen molar-refractivity contribution in [2.45, 2.75) is 13.8 Å². The molecule has 0 saturated carbocycles. The molecule has 22 heavy (non-hydrogen) atoms. The van der Waals surface area contributed by atoms with E-state index in [2.05, 4.69) is 20.3 Å². The molecule has 0 aliphatic heterocycles. The molecule has 0 aliphatic carbocycles. The van der Waals surface area contributed by atoms with Crippen molar-refractivity contribution < 1.29 is 0 Å². The lowest BCUT2D eigenvalue weighted by molar-refractivity contribution is 0.886. The summed E-state index contributed by atoms with van der Waals surface area (Å²) in [5, 5.41) is 14.0. The summed E-state index contributed by atoms with van der Waals surface area (Å²) in [5.74, 6) is 0. The second-order valence-electron chi connectivity index (χ2n) is 4.55. The summed E-state index contributed by atoms with van der Waals surface area (Å²) in [6.45, 7) is 3.66. The lowest BCUT2D eigenvalue weighted by atomic mass is 10.3. The molecule has 0 fully saturated rings. The Kier molecular flexibility index (Phi) is 3.90. The molecule has 9 heteroatoms. The van der Waals surface area contributed by atoms with E-state index in [0.29, 0.717) is 21.5 Å². The quantitative estimate of drug-likeness (QED) is 0.552. The zero-order valence-electron chi connectivity index (χ0n) is 11.7. The highest BCUT2D eigenvalue weighted by molar-refractivity contribution is 7.80. The van der Waals surface area contributed by atoms with Crippen LogP contribution < -0.4 is 5.73 Å². The summed E-state index contributed by atoms with van der Waals surface area (Å²) in [5.41, 5.74) is 8.42. The number of fused-ring (bicyclic) bond motifs is 1. The van der Waals surface area contributed by atoms with E-state index in [9.17, 15) is 0 Å². The fourth-order valence-corrected chi connectivity index (χ4v) is 3.30. The number of benzene rings is 1. The normalized spacial score (nSPS) is 11.6. The molecule has 0 unspecified atom stereocenters. The molecule has 0 spiro atoms. The summed E-state index contributed by atoms with van der Waals surface area (Å²) < 4.78 is 2.43. The van der Waals surface area contributed by atoms with Gasteiger partial charge in [0.1, 0.15) is 11.2 Å². The van der Waals surface area contributed by atoms with Crippen LogP contribution in [0, 0.1) is 13.8 Å². The van der Waals surface area contributed by atoms with E-state index in [0.717, 1.165) is 15.9 Å². The Morgan fingerprint density at radius 1 is 1.36 bits per heavy atom. The molecule has 112 valence electrons. The van der Waals surface area contributed by atoms with E-state index in [-0.39, 0.29) is 5.11 Å². The van der Waals surface area contributed by atoms with Gasteiger partial charge in [0.2, 0.25) is 5.13 Å². The smallest absolute Gasteiger partial charge is 0.231 e. The van der Waals surface area contributed by atoms with Crippen molar-refractivity contribution in [2.24, 2.45) is 16.0 Å². The highest BCUT2D eigenvalue weighted by Crippen LogP contribution is 2.33. The van der Waals surface area contributed by atoms with Gasteiger partial charge >= 0.3 is 0 Å². The third kappa shape index (κ3) is 2.60. The van der Waals surface area contributed by atoms with E-state index in [1.807, 2.05) is 26.0 Å². The van der Waals surface area contributed by atoms with Gasteiger partial charge in [-0.1, -0.05) is 29.0 Å². The average Bonchev–Trinajstić information content (AvgIpc) is 3.00. The van der Waals surface area contributed by atoms with Crippen molar-refractivity contribution in [3.8, 4) is 0 Å². The Labute approximate surface area is 140 Å². The molecule has 2 aromatic heterocycles. The molecule has 0 radical (unpaired) electrons. The second kappa shape index (κ2) is 5.71. The molecule has 3 aromatic rings. The van der Waals surface area contributed by atoms with E-state index in [4.69, 9.17) is 29.6 Å². The number of aromatic nitrogens is 3. The number of thiazole rings is 1. The molecule has 3 rings (SSSR count). The molecule has 0 aliphatic rings. The molecule has 6 nitrogen and oxygen atoms in total. The molecule has 0 amide bonds. The van der Waals surface area contributed by atoms with Crippen LogP contribution in [-0.4, -0.2) is 19.9 Å². The van der Waals surface area contributed by atoms with E-state index < -0.39 is 0 Å². The topological polar surface area (TPSA) is 81.5 Å². The predicted octanol–water partition coefficient (Wildman–Crippen LogP) is 4.27. The minimum Gasteiger partial charge on any atom is -0.374 e. The number of hydrogen-bond acceptors (Lipinski definition) is 6. The molecule has 0 bridgehead atoms. The number of hydrogen-bond donors (Lipinski definition) is 1. The van der Waals surface area contributed by atoms with Gasteiger partial charge in [0.25, 0.3) is 0 Å². The third-order valence-electron chi connectivity index (χ3n) is 3.06. The van der Waals surface area contributed by atoms with Gasteiger partial charge in [-0.25, -0.2) is 9.67 Å². The zero-order valence-corrected chi connectivity index (χ0v) is 14.1. The number of nitrogens with two attached hydrogens (primary N) is 1. The van der Waals surface area contributed by atoms with E-state index >= 15 is 0 Å². The standard InChI is InChI=1S/C13H11ClN6S2/c1-6-10(7(2)20(19-6)12(15)21)17-18-13-16-11-8(14)4-3-5-9(11)22-13/h3-5H,1-2H3,(H2,15,21). The summed E-state index contributed by atoms with van der Waals surface area (Å²) in [4.78, 5) is 4.38. The molecule has 2 heterocycles. The van der Waals surface area contributed by atoms with Crippen molar-refractivity contribution in [1.82, 2.24) is 14.8 Å². The fourth-order valence-electron chi connectivity index (χ4n) is 2.03. The molecular formula is C13H11ClN6S2. The lowest BCUT2D eigenvalue weighted by Crippen LogP contribution is -2.21. The second-order valence-corrected chi connectivity index (χ2v) is 6.39. The van der Waals surface area contributed by atoms with Gasteiger partial charge in [0, 0.05) is 0 Å². The van der Waals surface area contributed by atoms with Crippen LogP contribution in [0.15, 0.2) is 28.4 Å². The van der Waals surface area contributed by atoms with Crippen molar-refractivity contribution >= 4 is 61.3 Å². The molecule has 0 atom stereocenters. The first-order valence-electron chi connectivity index (χ1n) is 6.30. The molecular weight excluding hydrogens is 340 g/mol. The van der Waals surface area contributed by atoms with Gasteiger partial charge in [-0.3, -0.25) is 0 Å². The number of aryl methyl sites for hydroxylation is 1. The molecule has 0 saturated heterocycles. The first-order valence-corrected chi connectivity index (χ1v) is 7.90. The summed E-state index contributed by atoms with van der Waals surface area (Å²) in [7, 11) is 0. The van der Waals surface area contributed by atoms with Crippen LogP contribution in [0.1, 0.15) is 11.4 Å². The maximum atomic E-state index is 6.11. The van der Waals surface area contributed by atoms with Crippen molar-refractivity contribution in [2.75, 3.05) is 0 Å². The Bertz CT molecular complexity index is 911. The minimum absolute atomic E-state index is 0.175. The highest BCUT2D eigenvalue weighted by Gasteiger charge is 2.13. The number of thiocarbonyl (C=S) groups is 1. The Balaban J connectivity index is 2.00. The number of nitrogens with zero attached hydrogens (tertiary/aromatic N) is 5. The minimum atomic E-state index is 0.175. The van der Waals surface area contributed by atoms with Crippen LogP contribution in [0.3, 0.4) is 0 Å². The van der Waals surface area contributed by atoms with Gasteiger partial charge in [0.15, 0.2) is 5.11 Å². The van der Waals surface area contributed by atoms with Crippen molar-refractivity contribution in [3.63, 3.8) is 0 Å². The van der Waals surface area contributed by atoms with Crippen LogP contribution in [0.2, 0.25) is 5.02 Å². The first-order chi connectivity index (χ1) is 10.5.